The predicted octanol–water partition coefficient (Wildman–Crippen LogP) is 4.93. The van der Waals surface area contributed by atoms with Crippen LogP contribution in [-0.4, -0.2) is 23.2 Å². The van der Waals surface area contributed by atoms with Crippen molar-refractivity contribution in [1.82, 2.24) is 14.8 Å². The van der Waals surface area contributed by atoms with Gasteiger partial charge < -0.3 is 4.18 Å². The Morgan fingerprint density at radius 3 is 2.50 bits per heavy atom. The third-order valence-electron chi connectivity index (χ3n) is 4.93. The van der Waals surface area contributed by atoms with Crippen molar-refractivity contribution in [2.45, 2.75) is 38.5 Å². The molecule has 0 bridgehead atoms. The van der Waals surface area contributed by atoms with E-state index in [2.05, 4.69) is 10.1 Å². The Morgan fingerprint density at radius 1 is 1.00 bits per heavy atom. The number of nitrogens with zero attached hydrogens (tertiary/aromatic N) is 3. The third kappa shape index (κ3) is 3.68. The summed E-state index contributed by atoms with van der Waals surface area (Å²) in [7, 11) is -4.13. The lowest BCUT2D eigenvalue weighted by Crippen LogP contribution is -2.14. The molecule has 0 spiro atoms. The van der Waals surface area contributed by atoms with E-state index in [0.29, 0.717) is 5.52 Å². The van der Waals surface area contributed by atoms with E-state index in [1.165, 1.54) is 6.07 Å². The van der Waals surface area contributed by atoms with Crippen molar-refractivity contribution in [1.29, 1.82) is 0 Å². The van der Waals surface area contributed by atoms with Crippen LogP contribution in [0, 0.1) is 13.8 Å². The molecule has 0 unspecified atom stereocenters. The molecule has 0 radical (unpaired) electrons. The van der Waals surface area contributed by atoms with Gasteiger partial charge in [0.15, 0.2) is 0 Å². The maximum atomic E-state index is 13.2. The van der Waals surface area contributed by atoms with E-state index < -0.39 is 10.1 Å². The minimum atomic E-state index is -4.13. The molecule has 0 fully saturated rings. The summed E-state index contributed by atoms with van der Waals surface area (Å²) in [5.41, 5.74) is 3.98. The smallest absolute Gasteiger partial charge is 0.342 e. The van der Waals surface area contributed by atoms with Crippen molar-refractivity contribution in [3.63, 3.8) is 0 Å². The Hall–Kier alpha value is -3.19. The highest BCUT2D eigenvalue weighted by Crippen LogP contribution is 2.30. The molecule has 30 heavy (non-hydrogen) atoms. The van der Waals surface area contributed by atoms with Crippen LogP contribution in [-0.2, 0) is 10.1 Å². The molecule has 4 rings (SSSR count). The summed E-state index contributed by atoms with van der Waals surface area (Å²) >= 11 is 0. The number of para-hydroxylation sites is 1. The van der Waals surface area contributed by atoms with Gasteiger partial charge in [0.2, 0.25) is 5.88 Å². The van der Waals surface area contributed by atoms with Crippen molar-refractivity contribution in [2.24, 2.45) is 0 Å². The quantitative estimate of drug-likeness (QED) is 0.427. The zero-order valence-corrected chi connectivity index (χ0v) is 18.1. The number of aromatic nitrogens is 3. The number of hydrogen-bond donors (Lipinski definition) is 0. The maximum Gasteiger partial charge on any atom is 0.342 e. The van der Waals surface area contributed by atoms with E-state index in [9.17, 15) is 8.42 Å². The Balaban J connectivity index is 1.84. The summed E-state index contributed by atoms with van der Waals surface area (Å²) in [4.78, 5) is 4.27. The summed E-state index contributed by atoms with van der Waals surface area (Å²) < 4.78 is 33.6. The zero-order valence-electron chi connectivity index (χ0n) is 17.3. The van der Waals surface area contributed by atoms with Crippen LogP contribution in [0.3, 0.4) is 0 Å². The van der Waals surface area contributed by atoms with Crippen LogP contribution in [0.5, 0.6) is 5.88 Å². The van der Waals surface area contributed by atoms with E-state index >= 15 is 0 Å². The summed E-state index contributed by atoms with van der Waals surface area (Å²) in [6, 6.07) is 16.2. The van der Waals surface area contributed by atoms with Crippen molar-refractivity contribution in [2.75, 3.05) is 0 Å². The fraction of sp³-hybridized carbons (Fsp3) is 0.217. The minimum absolute atomic E-state index is 0.0278. The fourth-order valence-corrected chi connectivity index (χ4v) is 4.46. The van der Waals surface area contributed by atoms with Crippen LogP contribution in [0.1, 0.15) is 36.6 Å². The monoisotopic (exact) mass is 421 g/mol. The average Bonchev–Trinajstić information content (AvgIpc) is 3.10. The average molecular weight is 422 g/mol. The van der Waals surface area contributed by atoms with Crippen LogP contribution in [0.15, 0.2) is 65.7 Å². The standard InChI is InChI=1S/C23H23N3O3S/c1-15(2)19-14-22(26(25-19)20-11-10-16(3)13-17(20)4)29-30(27,28)21-9-5-7-18-8-6-12-24-23(18)21/h5-15H,1-4H3. The number of rotatable bonds is 5. The molecule has 0 N–H and O–H groups in total. The Bertz CT molecular complexity index is 1340. The van der Waals surface area contributed by atoms with Gasteiger partial charge in [-0.3, -0.25) is 4.98 Å². The second kappa shape index (κ2) is 7.57. The predicted molar refractivity (Wildman–Crippen MR) is 117 cm³/mol. The van der Waals surface area contributed by atoms with Gasteiger partial charge in [-0.15, -0.1) is 0 Å². The Kier molecular flexibility index (Phi) is 5.07. The summed E-state index contributed by atoms with van der Waals surface area (Å²) in [6.07, 6.45) is 1.57. The third-order valence-corrected chi connectivity index (χ3v) is 6.19. The lowest BCUT2D eigenvalue weighted by atomic mass is 10.1. The molecule has 0 aliphatic heterocycles. The molecule has 0 saturated heterocycles. The SMILES string of the molecule is Cc1ccc(-n2nc(C(C)C)cc2OS(=O)(=O)c2cccc3cccnc23)c(C)c1. The first-order chi connectivity index (χ1) is 14.3. The minimum Gasteiger partial charge on any atom is -0.358 e. The van der Waals surface area contributed by atoms with Crippen molar-refractivity contribution in [3.05, 3.63) is 77.6 Å². The molecule has 2 aromatic carbocycles. The molecular weight excluding hydrogens is 398 g/mol. The Labute approximate surface area is 176 Å². The highest BCUT2D eigenvalue weighted by atomic mass is 32.2. The molecule has 154 valence electrons. The van der Waals surface area contributed by atoms with Crippen molar-refractivity contribution >= 4 is 21.0 Å². The normalized spacial score (nSPS) is 11.9. The van der Waals surface area contributed by atoms with Crippen LogP contribution < -0.4 is 4.18 Å². The molecule has 0 saturated carbocycles. The van der Waals surface area contributed by atoms with Crippen molar-refractivity contribution < 1.29 is 12.6 Å². The van der Waals surface area contributed by atoms with Gasteiger partial charge in [-0.2, -0.15) is 18.2 Å². The van der Waals surface area contributed by atoms with E-state index in [0.717, 1.165) is 27.9 Å². The van der Waals surface area contributed by atoms with Gasteiger partial charge in [-0.25, -0.2) is 0 Å². The van der Waals surface area contributed by atoms with Gasteiger partial charge in [-0.1, -0.05) is 49.7 Å². The fourth-order valence-electron chi connectivity index (χ4n) is 3.37. The first-order valence-electron chi connectivity index (χ1n) is 9.72. The zero-order chi connectivity index (χ0) is 21.5. The van der Waals surface area contributed by atoms with Crippen LogP contribution in [0.25, 0.3) is 16.6 Å². The van der Waals surface area contributed by atoms with Crippen LogP contribution >= 0.6 is 0 Å². The first-order valence-corrected chi connectivity index (χ1v) is 11.1. The van der Waals surface area contributed by atoms with Crippen LogP contribution in [0.4, 0.5) is 0 Å². The Morgan fingerprint density at radius 2 is 1.77 bits per heavy atom. The molecule has 4 aromatic rings. The highest BCUT2D eigenvalue weighted by molar-refractivity contribution is 7.87. The summed E-state index contributed by atoms with van der Waals surface area (Å²) in [5, 5.41) is 5.35. The molecule has 2 heterocycles. The van der Waals surface area contributed by atoms with E-state index in [1.54, 1.807) is 29.1 Å². The molecule has 7 heteroatoms. The molecule has 0 amide bonds. The number of aryl methyl sites for hydroxylation is 2. The highest BCUT2D eigenvalue weighted by Gasteiger charge is 2.25. The molecule has 2 aromatic heterocycles. The van der Waals surface area contributed by atoms with E-state index in [1.807, 2.05) is 58.0 Å². The van der Waals surface area contributed by atoms with E-state index in [4.69, 9.17) is 4.18 Å². The van der Waals surface area contributed by atoms with Crippen molar-refractivity contribution in [3.8, 4) is 11.6 Å². The van der Waals surface area contributed by atoms with Gasteiger partial charge in [0.1, 0.15) is 4.90 Å². The lowest BCUT2D eigenvalue weighted by Gasteiger charge is -2.12. The van der Waals surface area contributed by atoms with Gasteiger partial charge in [0.05, 0.1) is 16.9 Å². The summed E-state index contributed by atoms with van der Waals surface area (Å²) in [5.74, 6) is 0.264. The largest absolute Gasteiger partial charge is 0.358 e. The molecule has 0 aliphatic carbocycles. The van der Waals surface area contributed by atoms with Gasteiger partial charge in [0, 0.05) is 17.6 Å². The second-order valence-corrected chi connectivity index (χ2v) is 9.15. The topological polar surface area (TPSA) is 74.1 Å². The van der Waals surface area contributed by atoms with Gasteiger partial charge in [0.25, 0.3) is 0 Å². The first kappa shape index (κ1) is 20.1. The van der Waals surface area contributed by atoms with E-state index in [-0.39, 0.29) is 16.7 Å². The maximum absolute atomic E-state index is 13.2. The number of pyridine rings is 1. The number of hydrogen-bond acceptors (Lipinski definition) is 5. The molecular formula is C23H23N3O3S. The number of fused-ring (bicyclic) bond motifs is 1. The number of benzene rings is 2. The molecule has 0 aliphatic rings. The lowest BCUT2D eigenvalue weighted by molar-refractivity contribution is 0.465. The van der Waals surface area contributed by atoms with Gasteiger partial charge in [-0.05, 0) is 43.5 Å². The molecule has 6 nitrogen and oxygen atoms in total. The van der Waals surface area contributed by atoms with Crippen LogP contribution in [0.2, 0.25) is 0 Å². The summed E-state index contributed by atoms with van der Waals surface area (Å²) in [6.45, 7) is 7.98. The van der Waals surface area contributed by atoms with Gasteiger partial charge >= 0.3 is 10.1 Å². The molecule has 0 atom stereocenters. The second-order valence-electron chi connectivity index (χ2n) is 7.63.